The van der Waals surface area contributed by atoms with E-state index < -0.39 is 0 Å². The zero-order chi connectivity index (χ0) is 43.8. The Bertz CT molecular complexity index is 3050. The number of hydrogen-bond acceptors (Lipinski definition) is 7. The highest BCUT2D eigenvalue weighted by atomic mass is 15.3. The van der Waals surface area contributed by atoms with Gasteiger partial charge in [-0.25, -0.2) is 15.0 Å². The lowest BCUT2D eigenvalue weighted by molar-refractivity contribution is 0.311. The van der Waals surface area contributed by atoms with Crippen molar-refractivity contribution >= 4 is 28.7 Å². The Morgan fingerprint density at radius 1 is 0.646 bits per heavy atom. The monoisotopic (exact) mass is 847 g/mol. The minimum Gasteiger partial charge on any atom is -0.335 e. The van der Waals surface area contributed by atoms with Crippen molar-refractivity contribution in [3.8, 4) is 22.8 Å². The fraction of sp³-hybridized carbons (Fsp3) is 0.241. The van der Waals surface area contributed by atoms with E-state index in [4.69, 9.17) is 19.9 Å². The smallest absolute Gasteiger partial charge is 0.166 e. The molecule has 5 unspecified atom stereocenters. The van der Waals surface area contributed by atoms with Gasteiger partial charge in [0.25, 0.3) is 0 Å². The lowest BCUT2D eigenvalue weighted by atomic mass is 9.71. The van der Waals surface area contributed by atoms with Crippen LogP contribution in [0.4, 0.5) is 11.4 Å². The Hall–Kier alpha value is -6.96. The standard InChI is InChI=1S/C58H53N7/c1-37-18-8-9-21-39(37)43-24-16-26-45(53(43)65-50-30-13-11-23-41(50)47-35-63(4)36-52(47)65)56-60-55(38-19-6-5-7-20-38)61-57(62-56)46-27-17-25-44(48-28-14-15-32-58(48,2)3)54(46)64-49-29-12-10-22-40(49)42-31-33-59-34-51(42)64/h5-15,17-25,27-34,41-42,48,50-51H,16,26,35-36H2,1-4H3. The molecule has 5 heterocycles. The van der Waals surface area contributed by atoms with E-state index in [1.807, 2.05) is 6.20 Å². The summed E-state index contributed by atoms with van der Waals surface area (Å²) in [5.41, 5.74) is 15.7. The van der Waals surface area contributed by atoms with Gasteiger partial charge in [0.2, 0.25) is 0 Å². The molecular weight excluding hydrogens is 795 g/mol. The summed E-state index contributed by atoms with van der Waals surface area (Å²) in [6, 6.07) is 35.1. The Labute approximate surface area is 382 Å². The van der Waals surface area contributed by atoms with Crippen molar-refractivity contribution in [2.24, 2.45) is 16.3 Å². The summed E-state index contributed by atoms with van der Waals surface area (Å²) in [6.45, 7) is 8.79. The molecule has 1 aromatic heterocycles. The first-order chi connectivity index (χ1) is 31.8. The van der Waals surface area contributed by atoms with Crippen molar-refractivity contribution in [3.63, 3.8) is 0 Å². The summed E-state index contributed by atoms with van der Waals surface area (Å²) in [6.07, 6.45) is 28.9. The van der Waals surface area contributed by atoms with Crippen LogP contribution in [0.15, 0.2) is 186 Å². The van der Waals surface area contributed by atoms with Crippen LogP contribution in [0.1, 0.15) is 66.6 Å². The molecule has 0 N–H and O–H groups in total. The third-order valence-electron chi connectivity index (χ3n) is 14.7. The van der Waals surface area contributed by atoms with Crippen LogP contribution in [0.3, 0.4) is 0 Å². The van der Waals surface area contributed by atoms with Crippen molar-refractivity contribution in [3.05, 3.63) is 209 Å². The molecule has 5 aromatic rings. The number of aromatic nitrogens is 3. The van der Waals surface area contributed by atoms with Crippen LogP contribution < -0.4 is 4.90 Å². The second kappa shape index (κ2) is 15.6. The molecule has 0 spiro atoms. The highest BCUT2D eigenvalue weighted by Gasteiger charge is 2.46. The maximum absolute atomic E-state index is 5.75. The number of aryl methyl sites for hydroxylation is 1. The van der Waals surface area contributed by atoms with E-state index in [0.29, 0.717) is 17.6 Å². The van der Waals surface area contributed by atoms with E-state index in [9.17, 15) is 0 Å². The fourth-order valence-electron chi connectivity index (χ4n) is 11.7. The molecule has 320 valence electrons. The molecule has 4 aliphatic heterocycles. The molecule has 0 saturated heterocycles. The molecule has 0 radical (unpaired) electrons. The second-order valence-corrected chi connectivity index (χ2v) is 19.1. The summed E-state index contributed by atoms with van der Waals surface area (Å²) in [5.74, 6) is 2.64. The Balaban J connectivity index is 1.14. The van der Waals surface area contributed by atoms with Crippen LogP contribution >= 0.6 is 0 Å². The molecule has 0 bridgehead atoms. The van der Waals surface area contributed by atoms with Crippen molar-refractivity contribution < 1.29 is 0 Å². The van der Waals surface area contributed by atoms with Crippen molar-refractivity contribution in [1.82, 2.24) is 24.8 Å². The number of anilines is 2. The predicted molar refractivity (Wildman–Crippen MR) is 265 cm³/mol. The Morgan fingerprint density at radius 3 is 2.28 bits per heavy atom. The highest BCUT2D eigenvalue weighted by molar-refractivity contribution is 5.94. The molecule has 65 heavy (non-hydrogen) atoms. The van der Waals surface area contributed by atoms with E-state index in [1.54, 1.807) is 0 Å². The summed E-state index contributed by atoms with van der Waals surface area (Å²) in [4.78, 5) is 29.2. The summed E-state index contributed by atoms with van der Waals surface area (Å²) in [7, 11) is 2.25. The zero-order valence-electron chi connectivity index (χ0n) is 37.5. The quantitative estimate of drug-likeness (QED) is 0.163. The van der Waals surface area contributed by atoms with Gasteiger partial charge in [0, 0.05) is 76.9 Å². The number of aliphatic imine (C=N–C) groups is 1. The Morgan fingerprint density at radius 2 is 1.40 bits per heavy atom. The summed E-state index contributed by atoms with van der Waals surface area (Å²) >= 11 is 0. The molecule has 4 aromatic carbocycles. The van der Waals surface area contributed by atoms with Crippen molar-refractivity contribution in [2.45, 2.75) is 57.5 Å². The number of benzene rings is 4. The number of para-hydroxylation sites is 2. The van der Waals surface area contributed by atoms with Gasteiger partial charge in [-0.15, -0.1) is 0 Å². The molecule has 7 heteroatoms. The van der Waals surface area contributed by atoms with Gasteiger partial charge in [0.1, 0.15) is 0 Å². The lowest BCUT2D eigenvalue weighted by Gasteiger charge is -2.38. The molecule has 3 aliphatic carbocycles. The molecule has 7 nitrogen and oxygen atoms in total. The topological polar surface area (TPSA) is 60.8 Å². The Kier molecular flexibility index (Phi) is 9.53. The number of allylic oxidation sites excluding steroid dienone is 9. The van der Waals surface area contributed by atoms with Crippen molar-refractivity contribution in [1.29, 1.82) is 0 Å². The average Bonchev–Trinajstić information content (AvgIpc) is 3.98. The molecule has 0 amide bonds. The molecular formula is C58H53N7. The van der Waals surface area contributed by atoms with Gasteiger partial charge in [-0.2, -0.15) is 0 Å². The fourth-order valence-corrected chi connectivity index (χ4v) is 11.7. The van der Waals surface area contributed by atoms with Crippen LogP contribution in [-0.4, -0.2) is 63.2 Å². The van der Waals surface area contributed by atoms with E-state index in [-0.39, 0.29) is 29.3 Å². The van der Waals surface area contributed by atoms with Gasteiger partial charge in [-0.3, -0.25) is 9.89 Å². The molecule has 5 atom stereocenters. The molecule has 7 aliphatic rings. The molecule has 0 fully saturated rings. The number of fused-ring (bicyclic) bond motifs is 5. The van der Waals surface area contributed by atoms with Gasteiger partial charge < -0.3 is 9.80 Å². The van der Waals surface area contributed by atoms with Crippen LogP contribution in [0, 0.1) is 18.3 Å². The first kappa shape index (κ1) is 39.6. The van der Waals surface area contributed by atoms with Gasteiger partial charge in [0.15, 0.2) is 17.5 Å². The third-order valence-corrected chi connectivity index (χ3v) is 14.7. The van der Waals surface area contributed by atoms with Crippen LogP contribution in [0.25, 0.3) is 33.9 Å². The van der Waals surface area contributed by atoms with Gasteiger partial charge in [0.05, 0.1) is 23.5 Å². The number of rotatable bonds is 7. The average molecular weight is 848 g/mol. The van der Waals surface area contributed by atoms with Crippen LogP contribution in [0.5, 0.6) is 0 Å². The van der Waals surface area contributed by atoms with Crippen LogP contribution in [-0.2, 0) is 0 Å². The van der Waals surface area contributed by atoms with Crippen molar-refractivity contribution in [2.75, 3.05) is 25.0 Å². The van der Waals surface area contributed by atoms with E-state index in [2.05, 4.69) is 207 Å². The maximum atomic E-state index is 5.75. The zero-order valence-corrected chi connectivity index (χ0v) is 37.5. The van der Waals surface area contributed by atoms with Gasteiger partial charge >= 0.3 is 0 Å². The number of hydrogen-bond donors (Lipinski definition) is 0. The van der Waals surface area contributed by atoms with E-state index in [1.165, 1.54) is 50.5 Å². The first-order valence-electron chi connectivity index (χ1n) is 23.3. The van der Waals surface area contributed by atoms with Gasteiger partial charge in [-0.1, -0.05) is 160 Å². The first-order valence-corrected chi connectivity index (χ1v) is 23.3. The van der Waals surface area contributed by atoms with E-state index in [0.717, 1.165) is 54.1 Å². The van der Waals surface area contributed by atoms with Crippen LogP contribution in [0.2, 0.25) is 0 Å². The lowest BCUT2D eigenvalue weighted by Crippen LogP contribution is -2.38. The molecule has 0 saturated carbocycles. The number of nitrogens with zero attached hydrogens (tertiary/aromatic N) is 7. The third kappa shape index (κ3) is 6.50. The molecule has 12 rings (SSSR count). The minimum atomic E-state index is -0.140. The normalized spacial score (nSPS) is 24.7. The second-order valence-electron chi connectivity index (χ2n) is 19.1. The van der Waals surface area contributed by atoms with Gasteiger partial charge in [-0.05, 0) is 72.2 Å². The maximum Gasteiger partial charge on any atom is 0.166 e. The summed E-state index contributed by atoms with van der Waals surface area (Å²) < 4.78 is 0. The van der Waals surface area contributed by atoms with E-state index >= 15 is 0 Å². The SMILES string of the molecule is Cc1ccccc1C1=CCCC(c2nc(-c3ccccc3)nc(-c3cccc(C4C=CC=CC4(C)C)c3N3c4ccccc4C4C=CN=CC43)n2)=C1N1C2=C(CN(C)C2)C2C=CC=CC21. The largest absolute Gasteiger partial charge is 0.335 e. The number of likely N-dealkylation sites (N-methyl/N-ethyl adjacent to an activating group) is 1. The highest BCUT2D eigenvalue weighted by Crippen LogP contribution is 2.54. The predicted octanol–water partition coefficient (Wildman–Crippen LogP) is 12.2. The minimum absolute atomic E-state index is 0.0133. The summed E-state index contributed by atoms with van der Waals surface area (Å²) in [5, 5.41) is 0.